The Labute approximate surface area is 74.3 Å². The lowest BCUT2D eigenvalue weighted by Crippen LogP contribution is -1.61. The lowest BCUT2D eigenvalue weighted by Gasteiger charge is -1.82. The Bertz CT molecular complexity index is 211. The molecule has 0 bridgehead atoms. The highest BCUT2D eigenvalue weighted by Crippen LogP contribution is 1.93. The van der Waals surface area contributed by atoms with Gasteiger partial charge in [0.15, 0.2) is 0 Å². The summed E-state index contributed by atoms with van der Waals surface area (Å²) in [6.45, 7) is 0. The summed E-state index contributed by atoms with van der Waals surface area (Å²) in [5, 5.41) is 0. The Morgan fingerprint density at radius 2 is 0.750 bits per heavy atom. The van der Waals surface area contributed by atoms with Crippen LogP contribution in [0, 0.1) is 0 Å². The van der Waals surface area contributed by atoms with Gasteiger partial charge in [0.2, 0.25) is 0 Å². The van der Waals surface area contributed by atoms with Gasteiger partial charge in [0, 0.05) is 0 Å². The van der Waals surface area contributed by atoms with Gasteiger partial charge in [0.25, 0.3) is 0 Å². The van der Waals surface area contributed by atoms with E-state index in [1.807, 2.05) is 0 Å². The normalized spacial score (nSPS) is 17.3. The van der Waals surface area contributed by atoms with E-state index in [2.05, 4.69) is 60.8 Å². The van der Waals surface area contributed by atoms with E-state index in [0.717, 1.165) is 12.8 Å². The lowest BCUT2D eigenvalue weighted by molar-refractivity contribution is 1.37. The van der Waals surface area contributed by atoms with Crippen LogP contribution >= 0.6 is 0 Å². The van der Waals surface area contributed by atoms with Gasteiger partial charge < -0.3 is 0 Å². The van der Waals surface area contributed by atoms with Gasteiger partial charge in [-0.25, -0.2) is 0 Å². The second-order valence-electron chi connectivity index (χ2n) is 2.57. The zero-order valence-corrected chi connectivity index (χ0v) is 7.19. The maximum Gasteiger partial charge on any atom is -0.0163 e. The predicted octanol–water partition coefficient (Wildman–Crippen LogP) is 3.56. The largest absolute Gasteiger partial charge is 0.0808 e. The van der Waals surface area contributed by atoms with Crippen LogP contribution in [0.4, 0.5) is 0 Å². The predicted molar refractivity (Wildman–Crippen MR) is 54.9 cm³/mol. The summed E-state index contributed by atoms with van der Waals surface area (Å²) in [5.41, 5.74) is 0. The second-order valence-corrected chi connectivity index (χ2v) is 2.57. The van der Waals surface area contributed by atoms with Gasteiger partial charge in [-0.3, -0.25) is 0 Å². The summed E-state index contributed by atoms with van der Waals surface area (Å²) >= 11 is 0. The standard InChI is InChI=1S/C12H14/c1-2-4-6-8-10-12-11-9-7-5-3-1/h1-6,9-12H,7-8H2. The maximum absolute atomic E-state index is 2.14. The first-order valence-corrected chi connectivity index (χ1v) is 4.30. The third-order valence-corrected chi connectivity index (χ3v) is 1.53. The molecule has 0 aromatic rings. The van der Waals surface area contributed by atoms with E-state index in [0.29, 0.717) is 0 Å². The molecule has 0 radical (unpaired) electrons. The molecule has 0 saturated carbocycles. The van der Waals surface area contributed by atoms with Gasteiger partial charge in [-0.2, -0.15) is 0 Å². The topological polar surface area (TPSA) is 0 Å². The minimum absolute atomic E-state index is 1.01. The number of hydrogen-bond acceptors (Lipinski definition) is 0. The molecule has 1 aliphatic carbocycles. The zero-order chi connectivity index (χ0) is 8.49. The summed E-state index contributed by atoms with van der Waals surface area (Å²) in [4.78, 5) is 0. The van der Waals surface area contributed by atoms with Crippen molar-refractivity contribution in [3.05, 3.63) is 60.8 Å². The molecule has 0 fully saturated rings. The van der Waals surface area contributed by atoms with Crippen molar-refractivity contribution in [2.24, 2.45) is 0 Å². The van der Waals surface area contributed by atoms with Crippen molar-refractivity contribution in [1.29, 1.82) is 0 Å². The molecule has 1 rings (SSSR count). The van der Waals surface area contributed by atoms with Gasteiger partial charge in [-0.1, -0.05) is 60.8 Å². The van der Waals surface area contributed by atoms with Crippen LogP contribution in [0.1, 0.15) is 12.8 Å². The van der Waals surface area contributed by atoms with Gasteiger partial charge in [-0.15, -0.1) is 0 Å². The lowest BCUT2D eigenvalue weighted by atomic mass is 10.2. The molecule has 0 aromatic carbocycles. The molecule has 12 heavy (non-hydrogen) atoms. The molecule has 0 nitrogen and oxygen atoms in total. The molecule has 0 atom stereocenters. The molecule has 0 aromatic heterocycles. The minimum atomic E-state index is 1.01. The molecule has 62 valence electrons. The maximum atomic E-state index is 2.14. The third kappa shape index (κ3) is 4.51. The fourth-order valence-corrected chi connectivity index (χ4v) is 0.914. The van der Waals surface area contributed by atoms with Crippen LogP contribution in [-0.4, -0.2) is 0 Å². The van der Waals surface area contributed by atoms with Crippen molar-refractivity contribution in [3.8, 4) is 0 Å². The zero-order valence-electron chi connectivity index (χ0n) is 7.19. The van der Waals surface area contributed by atoms with Crippen molar-refractivity contribution >= 4 is 0 Å². The van der Waals surface area contributed by atoms with Crippen LogP contribution in [0.3, 0.4) is 0 Å². The monoisotopic (exact) mass is 158 g/mol. The minimum Gasteiger partial charge on any atom is -0.0808 e. The van der Waals surface area contributed by atoms with E-state index in [-0.39, 0.29) is 0 Å². The Balaban J connectivity index is 2.55. The first-order valence-electron chi connectivity index (χ1n) is 4.30. The molecule has 0 amide bonds. The van der Waals surface area contributed by atoms with E-state index in [4.69, 9.17) is 0 Å². The van der Waals surface area contributed by atoms with E-state index >= 15 is 0 Å². The summed E-state index contributed by atoms with van der Waals surface area (Å²) in [7, 11) is 0. The SMILES string of the molecule is C1=CC=CCC=CC=CCC=C1. The Morgan fingerprint density at radius 3 is 1.17 bits per heavy atom. The van der Waals surface area contributed by atoms with Gasteiger partial charge in [0.05, 0.1) is 0 Å². The molecule has 0 heterocycles. The van der Waals surface area contributed by atoms with Crippen LogP contribution < -0.4 is 0 Å². The first kappa shape index (κ1) is 8.79. The molecule has 0 heteroatoms. The van der Waals surface area contributed by atoms with E-state index < -0.39 is 0 Å². The summed E-state index contributed by atoms with van der Waals surface area (Å²) in [5.74, 6) is 0. The average molecular weight is 158 g/mol. The Kier molecular flexibility index (Phi) is 4.70. The quantitative estimate of drug-likeness (QED) is 0.505. The van der Waals surface area contributed by atoms with E-state index in [1.165, 1.54) is 0 Å². The van der Waals surface area contributed by atoms with Crippen LogP contribution in [0.2, 0.25) is 0 Å². The van der Waals surface area contributed by atoms with Crippen molar-refractivity contribution < 1.29 is 0 Å². The second kappa shape index (κ2) is 6.41. The summed E-state index contributed by atoms with van der Waals surface area (Å²) in [6, 6.07) is 0. The molecule has 0 saturated heterocycles. The first-order chi connectivity index (χ1) is 6.00. The highest BCUT2D eigenvalue weighted by Gasteiger charge is 1.71. The molecule has 1 aliphatic rings. The van der Waals surface area contributed by atoms with Crippen LogP contribution in [0.5, 0.6) is 0 Å². The van der Waals surface area contributed by atoms with Gasteiger partial charge >= 0.3 is 0 Å². The van der Waals surface area contributed by atoms with E-state index in [9.17, 15) is 0 Å². The molecule has 0 N–H and O–H groups in total. The van der Waals surface area contributed by atoms with Crippen LogP contribution in [0.25, 0.3) is 0 Å². The van der Waals surface area contributed by atoms with Gasteiger partial charge in [0.1, 0.15) is 0 Å². The van der Waals surface area contributed by atoms with Crippen molar-refractivity contribution in [2.45, 2.75) is 12.8 Å². The highest BCUT2D eigenvalue weighted by atomic mass is 13.8. The Morgan fingerprint density at radius 1 is 0.417 bits per heavy atom. The number of rotatable bonds is 0. The van der Waals surface area contributed by atoms with Crippen molar-refractivity contribution in [3.63, 3.8) is 0 Å². The fourth-order valence-electron chi connectivity index (χ4n) is 0.914. The van der Waals surface area contributed by atoms with Crippen molar-refractivity contribution in [2.75, 3.05) is 0 Å². The Hall–Kier alpha value is -1.30. The molecular formula is C12H14. The summed E-state index contributed by atoms with van der Waals surface area (Å²) < 4.78 is 0. The van der Waals surface area contributed by atoms with Crippen LogP contribution in [-0.2, 0) is 0 Å². The van der Waals surface area contributed by atoms with E-state index in [1.54, 1.807) is 0 Å². The average Bonchev–Trinajstić information content (AvgIpc) is 2.05. The van der Waals surface area contributed by atoms with Crippen LogP contribution in [0.15, 0.2) is 60.8 Å². The molecular weight excluding hydrogens is 144 g/mol. The number of allylic oxidation sites excluding steroid dienone is 10. The third-order valence-electron chi connectivity index (χ3n) is 1.53. The highest BCUT2D eigenvalue weighted by molar-refractivity contribution is 5.15. The van der Waals surface area contributed by atoms with Crippen molar-refractivity contribution in [1.82, 2.24) is 0 Å². The van der Waals surface area contributed by atoms with Gasteiger partial charge in [-0.05, 0) is 12.8 Å². The fraction of sp³-hybridized carbons (Fsp3) is 0.167. The summed E-state index contributed by atoms with van der Waals surface area (Å²) in [6.07, 6.45) is 23.0. The number of hydrogen-bond donors (Lipinski definition) is 0. The molecule has 0 aliphatic heterocycles. The molecule has 0 spiro atoms. The molecule has 0 unspecified atom stereocenters. The smallest absolute Gasteiger partial charge is 0.0163 e.